The number of hydrogen-bond donors (Lipinski definition) is 1. The number of likely N-dealkylation sites (N-methyl/N-ethyl adjacent to an activating group) is 2. The minimum absolute atomic E-state index is 0.539. The molecular weight excluding hydrogens is 226 g/mol. The van der Waals surface area contributed by atoms with Crippen molar-refractivity contribution in [2.24, 2.45) is 0 Å². The predicted octanol–water partition coefficient (Wildman–Crippen LogP) is 0.727. The second kappa shape index (κ2) is 6.02. The fraction of sp³-hybridized carbons (Fsp3) is 0.615. The number of imidazole rings is 1. The van der Waals surface area contributed by atoms with Crippen molar-refractivity contribution in [2.75, 3.05) is 45.6 Å². The fourth-order valence-electron chi connectivity index (χ4n) is 2.29. The van der Waals surface area contributed by atoms with Gasteiger partial charge < -0.3 is 14.8 Å². The van der Waals surface area contributed by atoms with E-state index in [1.165, 1.54) is 0 Å². The van der Waals surface area contributed by atoms with E-state index in [1.54, 1.807) is 0 Å². The second-order valence-corrected chi connectivity index (χ2v) is 4.97. The van der Waals surface area contributed by atoms with Crippen LogP contribution in [0.25, 0.3) is 0 Å². The first-order chi connectivity index (χ1) is 8.70. The van der Waals surface area contributed by atoms with Crippen molar-refractivity contribution in [3.8, 4) is 0 Å². The number of hydrogen-bond acceptors (Lipinski definition) is 4. The Hall–Kier alpha value is -1.33. The molecule has 0 aliphatic carbocycles. The second-order valence-electron chi connectivity index (χ2n) is 4.97. The van der Waals surface area contributed by atoms with E-state index < -0.39 is 0 Å². The maximum atomic E-state index is 4.34. The zero-order chi connectivity index (χ0) is 13.0. The molecule has 1 unspecified atom stereocenters. The van der Waals surface area contributed by atoms with Gasteiger partial charge in [0.05, 0.1) is 0 Å². The first-order valence-corrected chi connectivity index (χ1v) is 6.45. The van der Waals surface area contributed by atoms with Crippen LogP contribution in [0.4, 0.5) is 5.95 Å². The number of allylic oxidation sites excluding steroid dienone is 1. The van der Waals surface area contributed by atoms with Crippen LogP contribution in [-0.2, 0) is 6.54 Å². The number of anilines is 1. The maximum absolute atomic E-state index is 4.34. The van der Waals surface area contributed by atoms with E-state index in [4.69, 9.17) is 0 Å². The first kappa shape index (κ1) is 13.1. The topological polar surface area (TPSA) is 36.3 Å². The fourth-order valence-corrected chi connectivity index (χ4v) is 2.29. The van der Waals surface area contributed by atoms with E-state index in [0.717, 1.165) is 38.7 Å². The average molecular weight is 249 g/mol. The molecule has 1 aliphatic heterocycles. The molecule has 1 saturated heterocycles. The molecule has 1 aromatic heterocycles. The van der Waals surface area contributed by atoms with E-state index in [0.29, 0.717) is 6.04 Å². The lowest BCUT2D eigenvalue weighted by molar-refractivity contribution is 0.121. The van der Waals surface area contributed by atoms with Crippen molar-refractivity contribution in [3.63, 3.8) is 0 Å². The Bertz CT molecular complexity index is 386. The summed E-state index contributed by atoms with van der Waals surface area (Å²) in [6, 6.07) is 0.539. The van der Waals surface area contributed by atoms with Gasteiger partial charge in [0, 0.05) is 51.2 Å². The summed E-state index contributed by atoms with van der Waals surface area (Å²) >= 11 is 0. The largest absolute Gasteiger partial charge is 0.354 e. The molecular formula is C13H23N5. The Labute approximate surface area is 109 Å². The van der Waals surface area contributed by atoms with Crippen LogP contribution >= 0.6 is 0 Å². The third-order valence-corrected chi connectivity index (χ3v) is 3.52. The first-order valence-electron chi connectivity index (χ1n) is 6.45. The highest BCUT2D eigenvalue weighted by Gasteiger charge is 2.22. The summed E-state index contributed by atoms with van der Waals surface area (Å²) in [5.41, 5.74) is 0. The summed E-state index contributed by atoms with van der Waals surface area (Å²) in [4.78, 5) is 9.12. The maximum Gasteiger partial charge on any atom is 0.203 e. The normalized spacial score (nSPS) is 22.0. The van der Waals surface area contributed by atoms with Crippen LogP contribution in [0.3, 0.4) is 0 Å². The van der Waals surface area contributed by atoms with E-state index >= 15 is 0 Å². The van der Waals surface area contributed by atoms with Crippen LogP contribution in [0.15, 0.2) is 25.0 Å². The Kier molecular flexibility index (Phi) is 4.38. The lowest BCUT2D eigenvalue weighted by atomic mass is 10.2. The lowest BCUT2D eigenvalue weighted by Gasteiger charge is -2.37. The number of aromatic nitrogens is 2. The van der Waals surface area contributed by atoms with Crippen molar-refractivity contribution >= 4 is 5.95 Å². The summed E-state index contributed by atoms with van der Waals surface area (Å²) in [7, 11) is 4.37. The minimum Gasteiger partial charge on any atom is -0.354 e. The van der Waals surface area contributed by atoms with Gasteiger partial charge in [0.15, 0.2) is 0 Å². The number of nitrogens with zero attached hydrogens (tertiary/aromatic N) is 4. The van der Waals surface area contributed by atoms with E-state index in [1.807, 2.05) is 18.5 Å². The molecule has 18 heavy (non-hydrogen) atoms. The lowest BCUT2D eigenvalue weighted by Crippen LogP contribution is -2.52. The Morgan fingerprint density at radius 2 is 2.33 bits per heavy atom. The summed E-state index contributed by atoms with van der Waals surface area (Å²) in [5.74, 6) is 0.927. The molecule has 1 aromatic rings. The molecule has 0 saturated carbocycles. The highest BCUT2D eigenvalue weighted by molar-refractivity contribution is 5.26. The summed E-state index contributed by atoms with van der Waals surface area (Å²) in [6.07, 6.45) is 5.68. The van der Waals surface area contributed by atoms with Crippen LogP contribution in [0, 0.1) is 0 Å². The third-order valence-electron chi connectivity index (χ3n) is 3.52. The van der Waals surface area contributed by atoms with Gasteiger partial charge in [-0.05, 0) is 14.1 Å². The number of piperazine rings is 1. The van der Waals surface area contributed by atoms with Crippen LogP contribution in [-0.4, -0.2) is 65.7 Å². The highest BCUT2D eigenvalue weighted by Crippen LogP contribution is 2.09. The van der Waals surface area contributed by atoms with E-state index in [2.05, 4.69) is 45.3 Å². The van der Waals surface area contributed by atoms with Gasteiger partial charge in [-0.15, -0.1) is 6.58 Å². The standard InChI is InChI=1S/C13H23N5/c1-4-6-18-7-5-14-13(18)15-10-12-11-16(2)8-9-17(12)3/h4-5,7,12H,1,6,8-11H2,2-3H3,(H,14,15). The van der Waals surface area contributed by atoms with Crippen molar-refractivity contribution in [1.82, 2.24) is 19.4 Å². The molecule has 1 N–H and O–H groups in total. The molecule has 1 atom stereocenters. The molecule has 2 heterocycles. The Morgan fingerprint density at radius 3 is 3.11 bits per heavy atom. The molecule has 0 spiro atoms. The molecule has 5 nitrogen and oxygen atoms in total. The van der Waals surface area contributed by atoms with Crippen LogP contribution in [0.5, 0.6) is 0 Å². The number of nitrogens with one attached hydrogen (secondary N) is 1. The molecule has 0 amide bonds. The van der Waals surface area contributed by atoms with Crippen LogP contribution < -0.4 is 5.32 Å². The van der Waals surface area contributed by atoms with Crippen molar-refractivity contribution < 1.29 is 0 Å². The Morgan fingerprint density at radius 1 is 1.50 bits per heavy atom. The molecule has 5 heteroatoms. The highest BCUT2D eigenvalue weighted by atomic mass is 15.3. The zero-order valence-electron chi connectivity index (χ0n) is 11.3. The monoisotopic (exact) mass is 249 g/mol. The molecule has 2 rings (SSSR count). The van der Waals surface area contributed by atoms with Gasteiger partial charge in [-0.2, -0.15) is 0 Å². The average Bonchev–Trinajstić information content (AvgIpc) is 2.78. The number of rotatable bonds is 5. The van der Waals surface area contributed by atoms with Crippen molar-refractivity contribution in [2.45, 2.75) is 12.6 Å². The van der Waals surface area contributed by atoms with E-state index in [-0.39, 0.29) is 0 Å². The van der Waals surface area contributed by atoms with Gasteiger partial charge in [-0.25, -0.2) is 4.98 Å². The van der Waals surface area contributed by atoms with Gasteiger partial charge in [0.1, 0.15) is 0 Å². The molecule has 1 aliphatic rings. The summed E-state index contributed by atoms with van der Waals surface area (Å²) in [6.45, 7) is 8.86. The SMILES string of the molecule is C=CCn1ccnc1NCC1CN(C)CCN1C. The molecule has 0 radical (unpaired) electrons. The minimum atomic E-state index is 0.539. The molecule has 0 aromatic carbocycles. The molecule has 1 fully saturated rings. The summed E-state index contributed by atoms with van der Waals surface area (Å²) < 4.78 is 2.07. The van der Waals surface area contributed by atoms with Gasteiger partial charge in [0.2, 0.25) is 5.95 Å². The van der Waals surface area contributed by atoms with Crippen LogP contribution in [0.2, 0.25) is 0 Å². The quantitative estimate of drug-likeness (QED) is 0.780. The summed E-state index contributed by atoms with van der Waals surface area (Å²) in [5, 5.41) is 3.43. The Balaban J connectivity index is 1.89. The molecule has 100 valence electrons. The molecule has 0 bridgehead atoms. The zero-order valence-corrected chi connectivity index (χ0v) is 11.3. The van der Waals surface area contributed by atoms with Gasteiger partial charge in [-0.3, -0.25) is 4.90 Å². The van der Waals surface area contributed by atoms with Crippen molar-refractivity contribution in [3.05, 3.63) is 25.0 Å². The van der Waals surface area contributed by atoms with Gasteiger partial charge in [-0.1, -0.05) is 6.08 Å². The van der Waals surface area contributed by atoms with Gasteiger partial charge in [0.25, 0.3) is 0 Å². The smallest absolute Gasteiger partial charge is 0.203 e. The predicted molar refractivity (Wildman–Crippen MR) is 74.8 cm³/mol. The third kappa shape index (κ3) is 3.11. The van der Waals surface area contributed by atoms with Gasteiger partial charge >= 0.3 is 0 Å². The van der Waals surface area contributed by atoms with E-state index in [9.17, 15) is 0 Å². The van der Waals surface area contributed by atoms with Crippen molar-refractivity contribution in [1.29, 1.82) is 0 Å². The van der Waals surface area contributed by atoms with Crippen LogP contribution in [0.1, 0.15) is 0 Å².